The van der Waals surface area contributed by atoms with Gasteiger partial charge in [-0.15, -0.1) is 11.3 Å². The monoisotopic (exact) mass is 460 g/mol. The summed E-state index contributed by atoms with van der Waals surface area (Å²) in [6.45, 7) is 0.717. The predicted octanol–water partition coefficient (Wildman–Crippen LogP) is 4.23. The lowest BCUT2D eigenvalue weighted by atomic mass is 10.0. The van der Waals surface area contributed by atoms with Crippen molar-refractivity contribution in [3.8, 4) is 17.6 Å². The Morgan fingerprint density at radius 2 is 2.12 bits per heavy atom. The first-order valence-electron chi connectivity index (χ1n) is 10.1. The number of methoxy groups -OCH3 is 1. The van der Waals surface area contributed by atoms with Crippen molar-refractivity contribution in [3.63, 3.8) is 0 Å². The Morgan fingerprint density at radius 1 is 1.27 bits per heavy atom. The second-order valence-electron chi connectivity index (χ2n) is 7.15. The Hall–Kier alpha value is -4.16. The normalized spacial score (nSPS) is 12.7. The average Bonchev–Trinajstić information content (AvgIpc) is 3.19. The van der Waals surface area contributed by atoms with Crippen LogP contribution in [0.2, 0.25) is 0 Å². The summed E-state index contributed by atoms with van der Waals surface area (Å²) < 4.78 is 10.6. The SMILES string of the molecule is COc1cccc(OC(=O)N2CCc3c(sc(NC(=O)/C=C/c4cccnc4)c3C#N)C2)c1. The highest BCUT2D eigenvalue weighted by atomic mass is 32.1. The Labute approximate surface area is 194 Å². The van der Waals surface area contributed by atoms with E-state index in [9.17, 15) is 14.9 Å². The van der Waals surface area contributed by atoms with Crippen LogP contribution in [0.5, 0.6) is 11.5 Å². The van der Waals surface area contributed by atoms with Crippen LogP contribution in [0.3, 0.4) is 0 Å². The molecule has 0 saturated heterocycles. The zero-order valence-electron chi connectivity index (χ0n) is 17.8. The number of anilines is 1. The van der Waals surface area contributed by atoms with Gasteiger partial charge in [-0.05, 0) is 41.8 Å². The molecule has 0 saturated carbocycles. The van der Waals surface area contributed by atoms with E-state index in [1.165, 1.54) is 17.4 Å². The number of amides is 2. The first kappa shape index (κ1) is 22.0. The number of carbonyl (C=O) groups is 2. The molecule has 0 fully saturated rings. The molecular weight excluding hydrogens is 440 g/mol. The van der Waals surface area contributed by atoms with Crippen LogP contribution in [0.25, 0.3) is 6.08 Å². The highest BCUT2D eigenvalue weighted by Crippen LogP contribution is 2.37. The van der Waals surface area contributed by atoms with Crippen LogP contribution in [0.4, 0.5) is 9.80 Å². The van der Waals surface area contributed by atoms with Gasteiger partial charge >= 0.3 is 6.09 Å². The van der Waals surface area contributed by atoms with Crippen LogP contribution < -0.4 is 14.8 Å². The largest absolute Gasteiger partial charge is 0.497 e. The number of thiophene rings is 1. The molecular formula is C24H20N4O4S. The molecule has 2 aromatic heterocycles. The number of ether oxygens (including phenoxy) is 2. The molecule has 0 spiro atoms. The van der Waals surface area contributed by atoms with Gasteiger partial charge in [0.2, 0.25) is 5.91 Å². The summed E-state index contributed by atoms with van der Waals surface area (Å²) in [7, 11) is 1.54. The quantitative estimate of drug-likeness (QED) is 0.572. The summed E-state index contributed by atoms with van der Waals surface area (Å²) in [5.74, 6) is 0.641. The highest BCUT2D eigenvalue weighted by Gasteiger charge is 2.28. The van der Waals surface area contributed by atoms with Crippen molar-refractivity contribution in [2.45, 2.75) is 13.0 Å². The molecule has 1 aliphatic heterocycles. The van der Waals surface area contributed by atoms with Crippen molar-refractivity contribution < 1.29 is 19.1 Å². The maximum atomic E-state index is 12.7. The van der Waals surface area contributed by atoms with E-state index in [0.29, 0.717) is 41.6 Å². The fraction of sp³-hybridized carbons (Fsp3) is 0.167. The van der Waals surface area contributed by atoms with Gasteiger partial charge in [-0.3, -0.25) is 9.78 Å². The summed E-state index contributed by atoms with van der Waals surface area (Å²) in [6.07, 6.45) is 6.37. The Balaban J connectivity index is 1.44. The highest BCUT2D eigenvalue weighted by molar-refractivity contribution is 7.16. The third-order valence-corrected chi connectivity index (χ3v) is 6.15. The maximum absolute atomic E-state index is 12.7. The fourth-order valence-corrected chi connectivity index (χ4v) is 4.61. The molecule has 0 unspecified atom stereocenters. The topological polar surface area (TPSA) is 105 Å². The number of hydrogen-bond acceptors (Lipinski definition) is 7. The van der Waals surface area contributed by atoms with Gasteiger partial charge < -0.3 is 19.7 Å². The third-order valence-electron chi connectivity index (χ3n) is 5.02. The van der Waals surface area contributed by atoms with Crippen LogP contribution in [0.1, 0.15) is 21.6 Å². The van der Waals surface area contributed by atoms with Gasteiger partial charge in [0.1, 0.15) is 22.6 Å². The van der Waals surface area contributed by atoms with Gasteiger partial charge in [-0.2, -0.15) is 5.26 Å². The predicted molar refractivity (Wildman–Crippen MR) is 124 cm³/mol. The van der Waals surface area contributed by atoms with Gasteiger partial charge in [0.25, 0.3) is 0 Å². The molecule has 1 aliphatic rings. The zero-order chi connectivity index (χ0) is 23.2. The average molecular weight is 461 g/mol. The second-order valence-corrected chi connectivity index (χ2v) is 8.25. The van der Waals surface area contributed by atoms with Crippen molar-refractivity contribution in [3.05, 3.63) is 76.4 Å². The van der Waals surface area contributed by atoms with Crippen molar-refractivity contribution in [2.24, 2.45) is 0 Å². The standard InChI is InChI=1S/C24H20N4O4S/c1-31-17-5-2-6-18(12-17)32-24(30)28-11-9-19-20(13-25)23(33-21(19)15-28)27-22(29)8-7-16-4-3-10-26-14-16/h2-8,10,12,14H,9,11,15H2,1H3,(H,27,29)/b8-7+. The third kappa shape index (κ3) is 5.19. The van der Waals surface area contributed by atoms with Gasteiger partial charge in [0, 0.05) is 36.0 Å². The van der Waals surface area contributed by atoms with Crippen molar-refractivity contribution in [2.75, 3.05) is 19.0 Å². The van der Waals surface area contributed by atoms with Gasteiger partial charge in [-0.1, -0.05) is 12.1 Å². The Bertz CT molecular complexity index is 1250. The van der Waals surface area contributed by atoms with E-state index in [-0.39, 0.29) is 5.91 Å². The second kappa shape index (κ2) is 9.97. The number of nitrogens with one attached hydrogen (secondary N) is 1. The van der Waals surface area contributed by atoms with Crippen molar-refractivity contribution >= 4 is 34.4 Å². The van der Waals surface area contributed by atoms with Crippen LogP contribution in [0.15, 0.2) is 54.9 Å². The van der Waals surface area contributed by atoms with E-state index >= 15 is 0 Å². The lowest BCUT2D eigenvalue weighted by Gasteiger charge is -2.26. The molecule has 9 heteroatoms. The van der Waals surface area contributed by atoms with Crippen molar-refractivity contribution in [1.82, 2.24) is 9.88 Å². The molecule has 0 aliphatic carbocycles. The Morgan fingerprint density at radius 3 is 2.88 bits per heavy atom. The molecule has 3 heterocycles. The molecule has 0 radical (unpaired) electrons. The van der Waals surface area contributed by atoms with Crippen LogP contribution in [0, 0.1) is 11.3 Å². The molecule has 0 bridgehead atoms. The molecule has 2 amide bonds. The maximum Gasteiger partial charge on any atom is 0.415 e. The van der Waals surface area contributed by atoms with E-state index in [1.807, 2.05) is 6.07 Å². The lowest BCUT2D eigenvalue weighted by Crippen LogP contribution is -2.37. The number of hydrogen-bond donors (Lipinski definition) is 1. The minimum Gasteiger partial charge on any atom is -0.497 e. The van der Waals surface area contributed by atoms with E-state index in [4.69, 9.17) is 9.47 Å². The minimum atomic E-state index is -0.481. The number of benzene rings is 1. The molecule has 8 nitrogen and oxygen atoms in total. The van der Waals surface area contributed by atoms with Crippen LogP contribution in [-0.2, 0) is 17.8 Å². The summed E-state index contributed by atoms with van der Waals surface area (Å²) in [5.41, 5.74) is 2.10. The van der Waals surface area contributed by atoms with Gasteiger partial charge in [0.15, 0.2) is 0 Å². The first-order chi connectivity index (χ1) is 16.1. The summed E-state index contributed by atoms with van der Waals surface area (Å²) >= 11 is 1.30. The van der Waals surface area contributed by atoms with E-state index in [1.54, 1.807) is 60.8 Å². The number of pyridine rings is 1. The number of nitriles is 1. The smallest absolute Gasteiger partial charge is 0.415 e. The van der Waals surface area contributed by atoms with E-state index in [2.05, 4.69) is 16.4 Å². The summed E-state index contributed by atoms with van der Waals surface area (Å²) in [6, 6.07) is 12.6. The minimum absolute atomic E-state index is 0.304. The number of fused-ring (bicyclic) bond motifs is 1. The van der Waals surface area contributed by atoms with Gasteiger partial charge in [-0.25, -0.2) is 4.79 Å². The fourth-order valence-electron chi connectivity index (χ4n) is 3.40. The zero-order valence-corrected chi connectivity index (χ0v) is 18.6. The summed E-state index contributed by atoms with van der Waals surface area (Å²) in [4.78, 5) is 31.5. The van der Waals surface area contributed by atoms with Crippen molar-refractivity contribution in [1.29, 1.82) is 5.26 Å². The lowest BCUT2D eigenvalue weighted by molar-refractivity contribution is -0.111. The number of rotatable bonds is 5. The van der Waals surface area contributed by atoms with Gasteiger partial charge in [0.05, 0.1) is 19.2 Å². The summed E-state index contributed by atoms with van der Waals surface area (Å²) in [5, 5.41) is 12.9. The number of nitrogens with zero attached hydrogens (tertiary/aromatic N) is 3. The van der Waals surface area contributed by atoms with Crippen LogP contribution in [-0.4, -0.2) is 35.5 Å². The molecule has 166 valence electrons. The molecule has 1 aromatic carbocycles. The van der Waals surface area contributed by atoms with E-state index in [0.717, 1.165) is 16.0 Å². The molecule has 4 rings (SSSR count). The molecule has 0 atom stereocenters. The van der Waals surface area contributed by atoms with E-state index < -0.39 is 6.09 Å². The molecule has 33 heavy (non-hydrogen) atoms. The molecule has 1 N–H and O–H groups in total. The molecule has 3 aromatic rings. The Kier molecular flexibility index (Phi) is 6.66. The number of aromatic nitrogens is 1. The number of carbonyl (C=O) groups excluding carboxylic acids is 2. The first-order valence-corrected chi connectivity index (χ1v) is 10.9. The van der Waals surface area contributed by atoms with Crippen LogP contribution >= 0.6 is 11.3 Å².